The fourth-order valence-electron chi connectivity index (χ4n) is 9.19. The van der Waals surface area contributed by atoms with Crippen LogP contribution in [0.2, 0.25) is 0 Å². The highest BCUT2D eigenvalue weighted by Gasteiger charge is 2.26. The first kappa shape index (κ1) is 32.4. The molecule has 0 amide bonds. The molecule has 9 aromatic carbocycles. The van der Waals surface area contributed by atoms with Crippen molar-refractivity contribution in [2.45, 2.75) is 0 Å². The van der Waals surface area contributed by atoms with Crippen molar-refractivity contribution in [3.8, 4) is 39.9 Å². The maximum Gasteiger partial charge on any atom is 0.166 e. The minimum Gasteiger partial charge on any atom is -0.454 e. The monoisotopic (exact) mass is 770 g/mol. The van der Waals surface area contributed by atoms with E-state index >= 15 is 0 Å². The predicted octanol–water partition coefficient (Wildman–Crippen LogP) is 14.5. The summed E-state index contributed by atoms with van der Waals surface area (Å²) in [5, 5.41) is 11.5. The SMILES string of the molecule is c1ccc(-c2nc(-c3ccc4c(oc5ccc6ccccc6c54)c3-n3c4ccccc4c4cc5ccccc5cc43)nc(-c3cccc4sc5ccccc5c34)n2)cc1. The second-order valence-electron chi connectivity index (χ2n) is 15.1. The first-order chi connectivity index (χ1) is 29.2. The number of para-hydroxylation sites is 1. The molecule has 13 aromatic rings. The van der Waals surface area contributed by atoms with Crippen molar-refractivity contribution in [2.75, 3.05) is 0 Å². The van der Waals surface area contributed by atoms with Crippen LogP contribution in [0.25, 0.3) is 125 Å². The van der Waals surface area contributed by atoms with Gasteiger partial charge in [-0.2, -0.15) is 0 Å². The molecule has 0 aliphatic carbocycles. The summed E-state index contributed by atoms with van der Waals surface area (Å²) in [6.45, 7) is 0. The largest absolute Gasteiger partial charge is 0.454 e. The van der Waals surface area contributed by atoms with Gasteiger partial charge in [0, 0.05) is 58.4 Å². The lowest BCUT2D eigenvalue weighted by Crippen LogP contribution is -2.04. The van der Waals surface area contributed by atoms with Crippen molar-refractivity contribution in [1.82, 2.24) is 19.5 Å². The zero-order valence-electron chi connectivity index (χ0n) is 31.4. The third-order valence-electron chi connectivity index (χ3n) is 11.8. The number of aromatic nitrogens is 4. The van der Waals surface area contributed by atoms with E-state index in [4.69, 9.17) is 19.4 Å². The van der Waals surface area contributed by atoms with Crippen LogP contribution >= 0.6 is 11.3 Å². The van der Waals surface area contributed by atoms with E-state index in [1.165, 1.54) is 36.3 Å². The average molecular weight is 771 g/mol. The molecule has 5 nitrogen and oxygen atoms in total. The number of fused-ring (bicyclic) bond motifs is 12. The molecule has 0 saturated carbocycles. The maximum absolute atomic E-state index is 7.10. The van der Waals surface area contributed by atoms with Crippen LogP contribution in [0.1, 0.15) is 0 Å². The highest BCUT2D eigenvalue weighted by atomic mass is 32.1. The Hall–Kier alpha value is -7.67. The number of furan rings is 1. The van der Waals surface area contributed by atoms with Gasteiger partial charge in [-0.05, 0) is 70.1 Å². The molecule has 0 saturated heterocycles. The fourth-order valence-corrected chi connectivity index (χ4v) is 10.3. The van der Waals surface area contributed by atoms with Crippen molar-refractivity contribution in [3.05, 3.63) is 182 Å². The van der Waals surface area contributed by atoms with E-state index in [0.717, 1.165) is 71.5 Å². The number of thiophene rings is 1. The summed E-state index contributed by atoms with van der Waals surface area (Å²) in [6, 6.07) is 64.3. The third kappa shape index (κ3) is 4.81. The summed E-state index contributed by atoms with van der Waals surface area (Å²) in [5.74, 6) is 1.80. The number of rotatable bonds is 4. The van der Waals surface area contributed by atoms with Crippen molar-refractivity contribution >= 4 is 96.8 Å². The number of benzene rings is 9. The van der Waals surface area contributed by atoms with Gasteiger partial charge in [0.05, 0.1) is 11.0 Å². The lowest BCUT2D eigenvalue weighted by atomic mass is 10.0. The van der Waals surface area contributed by atoms with E-state index in [0.29, 0.717) is 17.5 Å². The lowest BCUT2D eigenvalue weighted by molar-refractivity contribution is 0.667. The van der Waals surface area contributed by atoms with Crippen LogP contribution < -0.4 is 0 Å². The Morgan fingerprint density at radius 3 is 1.95 bits per heavy atom. The molecule has 13 rings (SSSR count). The molecule has 0 N–H and O–H groups in total. The van der Waals surface area contributed by atoms with E-state index in [2.05, 4.69) is 168 Å². The fraction of sp³-hybridized carbons (Fsp3) is 0. The van der Waals surface area contributed by atoms with E-state index < -0.39 is 0 Å². The summed E-state index contributed by atoms with van der Waals surface area (Å²) in [5.41, 5.74) is 7.39. The van der Waals surface area contributed by atoms with Crippen LogP contribution in [-0.4, -0.2) is 19.5 Å². The standard InChI is InChI=1S/C53H30N4OS/c1-2-14-32(15-3-1)51-54-52(39-21-12-24-46-48(39)37-20-9-11-23-45(37)59-46)56-53(55-51)40-27-26-38-47-35-18-7-6-13-31(35)25-28-44(47)58-50(38)49(40)57-42-22-10-8-19-36(42)41-29-33-16-4-5-17-34(33)30-43(41)57/h1-30H. The van der Waals surface area contributed by atoms with Crippen molar-refractivity contribution in [1.29, 1.82) is 0 Å². The molecule has 274 valence electrons. The normalized spacial score (nSPS) is 12.1. The van der Waals surface area contributed by atoms with Crippen molar-refractivity contribution < 1.29 is 4.42 Å². The van der Waals surface area contributed by atoms with E-state index in [-0.39, 0.29) is 0 Å². The Balaban J connectivity index is 1.19. The lowest BCUT2D eigenvalue weighted by Gasteiger charge is -2.15. The average Bonchev–Trinajstić information content (AvgIpc) is 3.98. The van der Waals surface area contributed by atoms with Gasteiger partial charge in [-0.1, -0.05) is 133 Å². The molecule has 4 aromatic heterocycles. The number of hydrogen-bond acceptors (Lipinski definition) is 5. The molecule has 0 aliphatic heterocycles. The van der Waals surface area contributed by atoms with Crippen LogP contribution in [0, 0.1) is 0 Å². The smallest absolute Gasteiger partial charge is 0.166 e. The quantitative estimate of drug-likeness (QED) is 0.179. The molecular formula is C53H30N4OS. The van der Waals surface area contributed by atoms with Gasteiger partial charge >= 0.3 is 0 Å². The summed E-state index contributed by atoms with van der Waals surface area (Å²) in [6.07, 6.45) is 0. The highest BCUT2D eigenvalue weighted by molar-refractivity contribution is 7.25. The second-order valence-corrected chi connectivity index (χ2v) is 16.2. The molecule has 0 fully saturated rings. The van der Waals surface area contributed by atoms with Gasteiger partial charge in [-0.3, -0.25) is 0 Å². The molecule has 0 bridgehead atoms. The summed E-state index contributed by atoms with van der Waals surface area (Å²) in [4.78, 5) is 16.0. The Labute approximate surface area is 341 Å². The van der Waals surface area contributed by atoms with Crippen molar-refractivity contribution in [2.24, 2.45) is 0 Å². The van der Waals surface area contributed by atoms with Gasteiger partial charge in [0.2, 0.25) is 0 Å². The van der Waals surface area contributed by atoms with E-state index in [1.54, 1.807) is 11.3 Å². The van der Waals surface area contributed by atoms with E-state index in [1.807, 2.05) is 18.2 Å². The Morgan fingerprint density at radius 2 is 1.08 bits per heavy atom. The Bertz CT molecular complexity index is 3860. The molecule has 0 spiro atoms. The molecule has 59 heavy (non-hydrogen) atoms. The van der Waals surface area contributed by atoms with Crippen molar-refractivity contribution in [3.63, 3.8) is 0 Å². The number of hydrogen-bond donors (Lipinski definition) is 0. The maximum atomic E-state index is 7.10. The molecule has 0 radical (unpaired) electrons. The first-order valence-electron chi connectivity index (χ1n) is 19.8. The van der Waals surface area contributed by atoms with Gasteiger partial charge in [0.15, 0.2) is 23.1 Å². The molecule has 4 heterocycles. The minimum atomic E-state index is 0.569. The molecule has 0 aliphatic rings. The molecule has 0 atom stereocenters. The van der Waals surface area contributed by atoms with Crippen LogP contribution in [0.3, 0.4) is 0 Å². The number of nitrogens with zero attached hydrogens (tertiary/aromatic N) is 4. The minimum absolute atomic E-state index is 0.569. The van der Waals surface area contributed by atoms with Gasteiger partial charge in [0.1, 0.15) is 11.3 Å². The summed E-state index contributed by atoms with van der Waals surface area (Å²) >= 11 is 1.79. The zero-order chi connectivity index (χ0) is 38.6. The van der Waals surface area contributed by atoms with Gasteiger partial charge in [-0.25, -0.2) is 15.0 Å². The van der Waals surface area contributed by atoms with E-state index in [9.17, 15) is 0 Å². The third-order valence-corrected chi connectivity index (χ3v) is 13.0. The Morgan fingerprint density at radius 1 is 0.407 bits per heavy atom. The Kier molecular flexibility index (Phi) is 6.82. The zero-order valence-corrected chi connectivity index (χ0v) is 32.2. The molecule has 6 heteroatoms. The van der Waals surface area contributed by atoms with Gasteiger partial charge in [0.25, 0.3) is 0 Å². The topological polar surface area (TPSA) is 56.7 Å². The highest BCUT2D eigenvalue weighted by Crippen LogP contribution is 2.45. The van der Waals surface area contributed by atoms with Crippen LogP contribution in [0.15, 0.2) is 186 Å². The van der Waals surface area contributed by atoms with Crippen LogP contribution in [0.4, 0.5) is 0 Å². The summed E-state index contributed by atoms with van der Waals surface area (Å²) < 4.78 is 11.9. The molecular weight excluding hydrogens is 741 g/mol. The van der Waals surface area contributed by atoms with Gasteiger partial charge in [-0.15, -0.1) is 11.3 Å². The van der Waals surface area contributed by atoms with Gasteiger partial charge < -0.3 is 8.98 Å². The first-order valence-corrected chi connectivity index (χ1v) is 20.6. The second kappa shape index (κ2) is 12.4. The predicted molar refractivity (Wildman–Crippen MR) is 246 cm³/mol. The van der Waals surface area contributed by atoms with Crippen LogP contribution in [-0.2, 0) is 0 Å². The van der Waals surface area contributed by atoms with Crippen LogP contribution in [0.5, 0.6) is 0 Å². The summed E-state index contributed by atoms with van der Waals surface area (Å²) in [7, 11) is 0. The molecule has 0 unspecified atom stereocenters.